The maximum Gasteiger partial charge on any atom is 0.127 e. The minimum Gasteiger partial charge on any atom is -0.496 e. The number of methoxy groups -OCH3 is 1. The Morgan fingerprint density at radius 2 is 2.00 bits per heavy atom. The molecule has 20 heavy (non-hydrogen) atoms. The van der Waals surface area contributed by atoms with Crippen molar-refractivity contribution in [1.82, 2.24) is 0 Å². The van der Waals surface area contributed by atoms with E-state index in [0.29, 0.717) is 11.8 Å². The van der Waals surface area contributed by atoms with Crippen molar-refractivity contribution in [2.45, 2.75) is 52.1 Å². The highest BCUT2D eigenvalue weighted by molar-refractivity contribution is 5.53. The number of hydrogen-bond donors (Lipinski definition) is 0. The molecule has 0 fully saturated rings. The highest BCUT2D eigenvalue weighted by atomic mass is 16.5. The molecule has 1 aromatic rings. The fourth-order valence-electron chi connectivity index (χ4n) is 3.85. The lowest BCUT2D eigenvalue weighted by atomic mass is 9.67. The smallest absolute Gasteiger partial charge is 0.127 e. The molecule has 0 spiro atoms. The van der Waals surface area contributed by atoms with E-state index in [1.807, 2.05) is 0 Å². The Balaban J connectivity index is 2.18. The molecular weight excluding hydrogens is 248 g/mol. The fraction of sp³-hybridized carbons (Fsp3) is 0.556. The Morgan fingerprint density at radius 3 is 2.70 bits per heavy atom. The van der Waals surface area contributed by atoms with Crippen LogP contribution in [-0.2, 0) is 0 Å². The van der Waals surface area contributed by atoms with Gasteiger partial charge < -0.3 is 9.47 Å². The third-order valence-corrected chi connectivity index (χ3v) is 4.85. The quantitative estimate of drug-likeness (QED) is 0.695. The van der Waals surface area contributed by atoms with Crippen molar-refractivity contribution in [3.8, 4) is 11.5 Å². The molecule has 2 aliphatic rings. The standard InChI is InChI=1S/C18H24O2/c1-11-6-7-14-13(8-11)17-15(19-5)9-12(2)10-16(17)20-18(14,3)4/h6,9-10,13-14H,7-8H2,1-5H3. The first-order chi connectivity index (χ1) is 9.42. The Morgan fingerprint density at radius 1 is 1.25 bits per heavy atom. The molecule has 0 radical (unpaired) electrons. The summed E-state index contributed by atoms with van der Waals surface area (Å²) in [6.45, 7) is 8.77. The van der Waals surface area contributed by atoms with Gasteiger partial charge in [0.25, 0.3) is 0 Å². The van der Waals surface area contributed by atoms with Gasteiger partial charge >= 0.3 is 0 Å². The number of fused-ring (bicyclic) bond motifs is 3. The van der Waals surface area contributed by atoms with E-state index in [1.165, 1.54) is 16.7 Å². The summed E-state index contributed by atoms with van der Waals surface area (Å²) in [5.74, 6) is 3.03. The SMILES string of the molecule is COc1cc(C)cc2c1C1CC(C)=CCC1C(C)(C)O2. The van der Waals surface area contributed by atoms with Gasteiger partial charge in [-0.1, -0.05) is 11.6 Å². The number of hydrogen-bond acceptors (Lipinski definition) is 2. The maximum absolute atomic E-state index is 6.34. The van der Waals surface area contributed by atoms with Crippen molar-refractivity contribution in [2.24, 2.45) is 5.92 Å². The number of benzene rings is 1. The van der Waals surface area contributed by atoms with E-state index in [0.717, 1.165) is 24.3 Å². The van der Waals surface area contributed by atoms with Gasteiger partial charge in [-0.25, -0.2) is 0 Å². The highest BCUT2D eigenvalue weighted by Crippen LogP contribution is 2.54. The second-order valence-corrected chi connectivity index (χ2v) is 6.79. The topological polar surface area (TPSA) is 18.5 Å². The first kappa shape index (κ1) is 13.5. The molecule has 1 aliphatic carbocycles. The Hall–Kier alpha value is -1.44. The molecule has 0 amide bonds. The maximum atomic E-state index is 6.34. The van der Waals surface area contributed by atoms with E-state index in [9.17, 15) is 0 Å². The zero-order valence-corrected chi connectivity index (χ0v) is 13.1. The van der Waals surface area contributed by atoms with E-state index >= 15 is 0 Å². The number of allylic oxidation sites excluding steroid dienone is 2. The lowest BCUT2D eigenvalue weighted by Gasteiger charge is -2.47. The zero-order chi connectivity index (χ0) is 14.5. The molecule has 0 saturated heterocycles. The van der Waals surface area contributed by atoms with Crippen molar-refractivity contribution >= 4 is 0 Å². The summed E-state index contributed by atoms with van der Waals surface area (Å²) in [5, 5.41) is 0. The Kier molecular flexibility index (Phi) is 3.07. The predicted octanol–water partition coefficient (Wildman–Crippen LogP) is 4.61. The summed E-state index contributed by atoms with van der Waals surface area (Å²) in [6.07, 6.45) is 4.59. The van der Waals surface area contributed by atoms with E-state index in [1.54, 1.807) is 7.11 Å². The minimum atomic E-state index is -0.117. The first-order valence-corrected chi connectivity index (χ1v) is 7.45. The van der Waals surface area contributed by atoms with Gasteiger partial charge in [0.1, 0.15) is 17.1 Å². The number of ether oxygens (including phenoxy) is 2. The fourth-order valence-corrected chi connectivity index (χ4v) is 3.85. The lowest BCUT2D eigenvalue weighted by Crippen LogP contribution is -2.45. The largest absolute Gasteiger partial charge is 0.496 e. The van der Waals surface area contributed by atoms with Crippen molar-refractivity contribution in [3.63, 3.8) is 0 Å². The summed E-state index contributed by atoms with van der Waals surface area (Å²) in [6, 6.07) is 4.29. The van der Waals surface area contributed by atoms with Crippen molar-refractivity contribution in [1.29, 1.82) is 0 Å². The van der Waals surface area contributed by atoms with Crippen LogP contribution in [0.3, 0.4) is 0 Å². The average molecular weight is 272 g/mol. The van der Waals surface area contributed by atoms with Crippen LogP contribution in [0.5, 0.6) is 11.5 Å². The molecule has 2 unspecified atom stereocenters. The third kappa shape index (κ3) is 2.02. The van der Waals surface area contributed by atoms with Crippen LogP contribution in [0.2, 0.25) is 0 Å². The van der Waals surface area contributed by atoms with Gasteiger partial charge in [-0.05, 0) is 58.2 Å². The van der Waals surface area contributed by atoms with Crippen molar-refractivity contribution in [3.05, 3.63) is 34.9 Å². The van der Waals surface area contributed by atoms with Crippen molar-refractivity contribution in [2.75, 3.05) is 7.11 Å². The lowest BCUT2D eigenvalue weighted by molar-refractivity contribution is 0.00752. The second-order valence-electron chi connectivity index (χ2n) is 6.79. The average Bonchev–Trinajstić information content (AvgIpc) is 2.36. The van der Waals surface area contributed by atoms with Crippen LogP contribution < -0.4 is 9.47 Å². The van der Waals surface area contributed by atoms with Gasteiger partial charge in [-0.3, -0.25) is 0 Å². The van der Waals surface area contributed by atoms with Gasteiger partial charge in [-0.2, -0.15) is 0 Å². The van der Waals surface area contributed by atoms with Crippen LogP contribution >= 0.6 is 0 Å². The molecule has 0 saturated carbocycles. The monoisotopic (exact) mass is 272 g/mol. The molecular formula is C18H24O2. The molecule has 0 bridgehead atoms. The van der Waals surface area contributed by atoms with Gasteiger partial charge in [0, 0.05) is 17.4 Å². The van der Waals surface area contributed by atoms with Gasteiger partial charge in [-0.15, -0.1) is 0 Å². The molecule has 2 nitrogen and oxygen atoms in total. The molecule has 1 heterocycles. The Labute approximate surface area is 121 Å². The molecule has 1 aromatic carbocycles. The van der Waals surface area contributed by atoms with Crippen LogP contribution in [-0.4, -0.2) is 12.7 Å². The van der Waals surface area contributed by atoms with Crippen LogP contribution in [0.25, 0.3) is 0 Å². The first-order valence-electron chi connectivity index (χ1n) is 7.45. The summed E-state index contributed by atoms with van der Waals surface area (Å²) in [5.41, 5.74) is 3.83. The summed E-state index contributed by atoms with van der Waals surface area (Å²) < 4.78 is 12.0. The summed E-state index contributed by atoms with van der Waals surface area (Å²) in [7, 11) is 1.76. The highest BCUT2D eigenvalue weighted by Gasteiger charge is 2.45. The van der Waals surface area contributed by atoms with Crippen LogP contribution in [0.4, 0.5) is 0 Å². The second kappa shape index (κ2) is 4.54. The predicted molar refractivity (Wildman–Crippen MR) is 81.7 cm³/mol. The molecule has 2 atom stereocenters. The molecule has 0 aromatic heterocycles. The number of rotatable bonds is 1. The van der Waals surface area contributed by atoms with Gasteiger partial charge in [0.05, 0.1) is 7.11 Å². The van der Waals surface area contributed by atoms with E-state index in [4.69, 9.17) is 9.47 Å². The Bertz CT molecular complexity index is 569. The van der Waals surface area contributed by atoms with Gasteiger partial charge in [0.15, 0.2) is 0 Å². The molecule has 108 valence electrons. The van der Waals surface area contributed by atoms with E-state index in [2.05, 4.69) is 45.9 Å². The van der Waals surface area contributed by atoms with E-state index in [-0.39, 0.29) is 5.60 Å². The molecule has 2 heteroatoms. The van der Waals surface area contributed by atoms with Crippen LogP contribution in [0.15, 0.2) is 23.8 Å². The van der Waals surface area contributed by atoms with Gasteiger partial charge in [0.2, 0.25) is 0 Å². The van der Waals surface area contributed by atoms with Crippen LogP contribution in [0.1, 0.15) is 50.7 Å². The molecule has 3 rings (SSSR count). The summed E-state index contributed by atoms with van der Waals surface area (Å²) >= 11 is 0. The zero-order valence-electron chi connectivity index (χ0n) is 13.1. The van der Waals surface area contributed by atoms with E-state index < -0.39 is 0 Å². The summed E-state index contributed by atoms with van der Waals surface area (Å²) in [4.78, 5) is 0. The molecule has 1 aliphatic heterocycles. The van der Waals surface area contributed by atoms with Crippen LogP contribution in [0, 0.1) is 12.8 Å². The number of aryl methyl sites for hydroxylation is 1. The third-order valence-electron chi connectivity index (χ3n) is 4.85. The molecule has 0 N–H and O–H groups in total. The van der Waals surface area contributed by atoms with Crippen molar-refractivity contribution < 1.29 is 9.47 Å². The minimum absolute atomic E-state index is 0.117. The normalized spacial score (nSPS) is 26.9.